The smallest absolute Gasteiger partial charge is 0.305 e. The van der Waals surface area contributed by atoms with Crippen LogP contribution in [0.1, 0.15) is 56.1 Å². The summed E-state index contributed by atoms with van der Waals surface area (Å²) in [7, 11) is 1.42. The Labute approximate surface area is 149 Å². The van der Waals surface area contributed by atoms with E-state index < -0.39 is 6.10 Å². The van der Waals surface area contributed by atoms with Gasteiger partial charge in [-0.05, 0) is 84.5 Å². The fourth-order valence-corrected chi connectivity index (χ4v) is 6.21. The normalized spacial score (nSPS) is 39.2. The first-order valence-corrected chi connectivity index (χ1v) is 9.50. The second kappa shape index (κ2) is 6.01. The lowest BCUT2D eigenvalue weighted by Crippen LogP contribution is -2.44. The third kappa shape index (κ3) is 2.57. The number of methoxy groups -OCH3 is 1. The van der Waals surface area contributed by atoms with Crippen molar-refractivity contribution in [3.05, 3.63) is 29.3 Å². The Bertz CT molecular complexity index is 684. The summed E-state index contributed by atoms with van der Waals surface area (Å²) in [5, 5.41) is 20.7. The number of hydrogen-bond acceptors (Lipinski definition) is 4. The molecule has 2 fully saturated rings. The van der Waals surface area contributed by atoms with Crippen LogP contribution in [-0.2, 0) is 16.0 Å². The Morgan fingerprint density at radius 1 is 1.36 bits per heavy atom. The van der Waals surface area contributed by atoms with Crippen LogP contribution in [0.5, 0.6) is 5.75 Å². The van der Waals surface area contributed by atoms with E-state index in [2.05, 4.69) is 13.0 Å². The van der Waals surface area contributed by atoms with Crippen LogP contribution in [0.3, 0.4) is 0 Å². The van der Waals surface area contributed by atoms with Crippen molar-refractivity contribution in [3.8, 4) is 5.75 Å². The molecule has 4 nitrogen and oxygen atoms in total. The van der Waals surface area contributed by atoms with E-state index in [4.69, 9.17) is 4.74 Å². The van der Waals surface area contributed by atoms with Gasteiger partial charge in [0.05, 0.1) is 19.6 Å². The number of aryl methyl sites for hydroxylation is 1. The summed E-state index contributed by atoms with van der Waals surface area (Å²) in [6.07, 6.45) is 5.01. The molecule has 2 saturated carbocycles. The molecule has 3 aliphatic rings. The van der Waals surface area contributed by atoms with Gasteiger partial charge in [-0.3, -0.25) is 4.79 Å². The highest BCUT2D eigenvalue weighted by atomic mass is 16.5. The number of rotatable bonds is 2. The van der Waals surface area contributed by atoms with Crippen molar-refractivity contribution in [1.29, 1.82) is 0 Å². The molecule has 136 valence electrons. The van der Waals surface area contributed by atoms with E-state index in [-0.39, 0.29) is 17.3 Å². The summed E-state index contributed by atoms with van der Waals surface area (Å²) in [6.45, 7) is 2.22. The molecule has 4 heteroatoms. The number of carbonyl (C=O) groups is 1. The van der Waals surface area contributed by atoms with E-state index in [0.717, 1.165) is 32.1 Å². The quantitative estimate of drug-likeness (QED) is 0.807. The average molecular weight is 344 g/mol. The van der Waals surface area contributed by atoms with Crippen molar-refractivity contribution < 1.29 is 19.7 Å². The zero-order valence-corrected chi connectivity index (χ0v) is 15.1. The maximum absolute atomic E-state index is 11.7. The maximum atomic E-state index is 11.7. The number of phenolic OH excluding ortho intramolecular Hbond substituents is 1. The number of ether oxygens (including phenoxy) is 1. The Kier molecular flexibility index (Phi) is 4.06. The van der Waals surface area contributed by atoms with Gasteiger partial charge < -0.3 is 14.9 Å². The molecule has 0 spiro atoms. The Balaban J connectivity index is 1.62. The summed E-state index contributed by atoms with van der Waals surface area (Å²) in [5.41, 5.74) is 2.59. The number of esters is 1. The number of aliphatic hydroxyl groups is 1. The standard InChI is InChI=1S/C21H28O4/c1-21-8-7-16-15-6-4-14(22)9-12(15)3-5-17(16)18(21)10-13(20(21)24)11-19(23)25-2/h4,6,9,13,16-18,20,22,24H,3,5,7-8,10-11H2,1-2H3/t13-,16-,17-,18+,20+,21+/m1/s1. The predicted octanol–water partition coefficient (Wildman–Crippen LogP) is 3.40. The average Bonchev–Trinajstić information content (AvgIpc) is 2.85. The minimum Gasteiger partial charge on any atom is -0.508 e. The van der Waals surface area contributed by atoms with Gasteiger partial charge in [0.25, 0.3) is 0 Å². The summed E-state index contributed by atoms with van der Waals surface area (Å²) >= 11 is 0. The topological polar surface area (TPSA) is 66.8 Å². The lowest BCUT2D eigenvalue weighted by atomic mass is 9.55. The molecule has 0 unspecified atom stereocenters. The highest BCUT2D eigenvalue weighted by molar-refractivity contribution is 5.69. The third-order valence-corrected chi connectivity index (χ3v) is 7.48. The van der Waals surface area contributed by atoms with E-state index in [9.17, 15) is 15.0 Å². The van der Waals surface area contributed by atoms with E-state index >= 15 is 0 Å². The molecular weight excluding hydrogens is 316 g/mol. The number of benzene rings is 1. The molecule has 0 saturated heterocycles. The van der Waals surface area contributed by atoms with Gasteiger partial charge in [-0.1, -0.05) is 13.0 Å². The van der Waals surface area contributed by atoms with Gasteiger partial charge in [0, 0.05) is 0 Å². The van der Waals surface area contributed by atoms with Crippen LogP contribution in [0, 0.1) is 23.2 Å². The SMILES string of the molecule is COC(=O)C[C@H]1C[C@H]2[C@@H]3CCc4cc(O)ccc4[C@H]3CC[C@]2(C)[C@H]1O. The zero-order valence-electron chi connectivity index (χ0n) is 15.1. The number of carbonyl (C=O) groups excluding carboxylic acids is 1. The van der Waals surface area contributed by atoms with Crippen LogP contribution in [0.2, 0.25) is 0 Å². The second-order valence-corrected chi connectivity index (χ2v) is 8.56. The van der Waals surface area contributed by atoms with Gasteiger partial charge in [0.15, 0.2) is 0 Å². The van der Waals surface area contributed by atoms with Crippen LogP contribution >= 0.6 is 0 Å². The van der Waals surface area contributed by atoms with Crippen LogP contribution in [0.15, 0.2) is 18.2 Å². The fraction of sp³-hybridized carbons (Fsp3) is 0.667. The third-order valence-electron chi connectivity index (χ3n) is 7.48. The lowest BCUT2D eigenvalue weighted by molar-refractivity contribution is -0.143. The van der Waals surface area contributed by atoms with Gasteiger partial charge in [-0.15, -0.1) is 0 Å². The van der Waals surface area contributed by atoms with Gasteiger partial charge in [-0.2, -0.15) is 0 Å². The molecule has 1 aromatic carbocycles. The molecule has 2 N–H and O–H groups in total. The van der Waals surface area contributed by atoms with Crippen LogP contribution in [0.25, 0.3) is 0 Å². The number of phenols is 1. The minimum absolute atomic E-state index is 0.0161. The summed E-state index contributed by atoms with van der Waals surface area (Å²) in [4.78, 5) is 11.7. The summed E-state index contributed by atoms with van der Waals surface area (Å²) in [5.74, 6) is 1.69. The Morgan fingerprint density at radius 3 is 2.92 bits per heavy atom. The fourth-order valence-electron chi connectivity index (χ4n) is 6.21. The van der Waals surface area contributed by atoms with Crippen molar-refractivity contribution in [2.24, 2.45) is 23.2 Å². The van der Waals surface area contributed by atoms with Gasteiger partial charge in [0.2, 0.25) is 0 Å². The van der Waals surface area contributed by atoms with Crippen molar-refractivity contribution in [2.75, 3.05) is 7.11 Å². The lowest BCUT2D eigenvalue weighted by Gasteiger charge is -2.50. The molecule has 1 aromatic rings. The predicted molar refractivity (Wildman–Crippen MR) is 94.2 cm³/mol. The molecule has 0 bridgehead atoms. The van der Waals surface area contributed by atoms with Crippen LogP contribution in [-0.4, -0.2) is 29.4 Å². The van der Waals surface area contributed by atoms with E-state index in [1.807, 2.05) is 6.07 Å². The molecule has 0 radical (unpaired) electrons. The Morgan fingerprint density at radius 2 is 2.16 bits per heavy atom. The minimum atomic E-state index is -0.418. The van der Waals surface area contributed by atoms with Crippen molar-refractivity contribution >= 4 is 5.97 Å². The highest BCUT2D eigenvalue weighted by Gasteiger charge is 2.58. The van der Waals surface area contributed by atoms with E-state index in [0.29, 0.717) is 29.9 Å². The molecule has 4 rings (SSSR count). The molecule has 25 heavy (non-hydrogen) atoms. The largest absolute Gasteiger partial charge is 0.508 e. The summed E-state index contributed by atoms with van der Waals surface area (Å²) < 4.78 is 4.84. The van der Waals surface area contributed by atoms with E-state index in [1.165, 1.54) is 18.2 Å². The number of hydrogen-bond donors (Lipinski definition) is 2. The van der Waals surface area contributed by atoms with E-state index in [1.54, 1.807) is 6.07 Å². The number of aromatic hydroxyl groups is 1. The van der Waals surface area contributed by atoms with Crippen molar-refractivity contribution in [2.45, 2.75) is 57.5 Å². The second-order valence-electron chi connectivity index (χ2n) is 8.56. The zero-order chi connectivity index (χ0) is 17.8. The number of fused-ring (bicyclic) bond motifs is 5. The first kappa shape index (κ1) is 16.9. The van der Waals surface area contributed by atoms with Crippen LogP contribution < -0.4 is 0 Å². The first-order chi connectivity index (χ1) is 11.9. The molecule has 0 amide bonds. The first-order valence-electron chi connectivity index (χ1n) is 9.50. The van der Waals surface area contributed by atoms with Gasteiger partial charge in [0.1, 0.15) is 5.75 Å². The van der Waals surface area contributed by atoms with Crippen molar-refractivity contribution in [3.63, 3.8) is 0 Å². The molecule has 3 aliphatic carbocycles. The summed E-state index contributed by atoms with van der Waals surface area (Å²) in [6, 6.07) is 5.82. The molecule has 0 aliphatic heterocycles. The highest BCUT2D eigenvalue weighted by Crippen LogP contribution is 2.62. The van der Waals surface area contributed by atoms with Gasteiger partial charge in [-0.25, -0.2) is 0 Å². The Hall–Kier alpha value is -1.55. The molecule has 0 aromatic heterocycles. The van der Waals surface area contributed by atoms with Gasteiger partial charge >= 0.3 is 5.97 Å². The number of aliphatic hydroxyl groups excluding tert-OH is 1. The molecule has 0 heterocycles. The maximum Gasteiger partial charge on any atom is 0.305 e. The molecule has 6 atom stereocenters. The van der Waals surface area contributed by atoms with Crippen LogP contribution in [0.4, 0.5) is 0 Å². The monoisotopic (exact) mass is 344 g/mol. The van der Waals surface area contributed by atoms with Crippen molar-refractivity contribution in [1.82, 2.24) is 0 Å². The molecular formula is C21H28O4.